The third kappa shape index (κ3) is 2.73. The highest BCUT2D eigenvalue weighted by Gasteiger charge is 2.30. The zero-order valence-electron chi connectivity index (χ0n) is 11.1. The van der Waals surface area contributed by atoms with E-state index in [4.69, 9.17) is 10.3 Å². The Morgan fingerprint density at radius 3 is 2.47 bits per heavy atom. The van der Waals surface area contributed by atoms with Crippen LogP contribution in [0.25, 0.3) is 0 Å². The number of hydrogen-bond acceptors (Lipinski definition) is 5. The Bertz CT molecular complexity index is 587. The van der Waals surface area contributed by atoms with Crippen LogP contribution < -0.4 is 11.1 Å². The van der Waals surface area contributed by atoms with E-state index in [1.165, 1.54) is 0 Å². The van der Waals surface area contributed by atoms with Crippen LogP contribution in [0.4, 0.5) is 11.7 Å². The first-order valence-electron chi connectivity index (χ1n) is 5.87. The van der Waals surface area contributed by atoms with Crippen molar-refractivity contribution in [2.75, 3.05) is 11.1 Å². The first kappa shape index (κ1) is 13.1. The van der Waals surface area contributed by atoms with Gasteiger partial charge in [-0.15, -0.1) is 0 Å². The van der Waals surface area contributed by atoms with Gasteiger partial charge in [0, 0.05) is 5.69 Å². The van der Waals surface area contributed by atoms with Gasteiger partial charge < -0.3 is 10.3 Å². The zero-order valence-corrected chi connectivity index (χ0v) is 11.1. The number of aromatic nitrogens is 2. The molecule has 1 aromatic heterocycles. The van der Waals surface area contributed by atoms with Gasteiger partial charge in [-0.3, -0.25) is 10.1 Å². The second kappa shape index (κ2) is 4.72. The van der Waals surface area contributed by atoms with E-state index in [0.717, 1.165) is 5.56 Å². The molecule has 0 atom stereocenters. The van der Waals surface area contributed by atoms with Crippen LogP contribution in [0.15, 0.2) is 28.8 Å². The van der Waals surface area contributed by atoms with Crippen LogP contribution in [0.1, 0.15) is 25.2 Å². The van der Waals surface area contributed by atoms with Gasteiger partial charge >= 0.3 is 6.01 Å². The van der Waals surface area contributed by atoms with E-state index in [1.54, 1.807) is 19.1 Å². The smallest absolute Gasteiger partial charge is 0.328 e. The molecule has 2 aromatic rings. The Morgan fingerprint density at radius 1 is 1.32 bits per heavy atom. The van der Waals surface area contributed by atoms with E-state index in [-0.39, 0.29) is 11.9 Å². The van der Waals surface area contributed by atoms with E-state index in [0.29, 0.717) is 11.5 Å². The number of carbonyl (C=O) groups is 1. The van der Waals surface area contributed by atoms with E-state index < -0.39 is 5.41 Å². The molecule has 100 valence electrons. The van der Waals surface area contributed by atoms with Crippen LogP contribution in [-0.4, -0.2) is 16.0 Å². The van der Waals surface area contributed by atoms with Crippen LogP contribution in [0.5, 0.6) is 0 Å². The first-order valence-corrected chi connectivity index (χ1v) is 5.87. The maximum absolute atomic E-state index is 12.3. The molecule has 0 radical (unpaired) electrons. The molecule has 1 amide bonds. The Hall–Kier alpha value is -2.37. The zero-order chi connectivity index (χ0) is 14.0. The molecule has 6 heteroatoms. The van der Waals surface area contributed by atoms with Crippen molar-refractivity contribution >= 4 is 17.6 Å². The molecule has 6 nitrogen and oxygen atoms in total. The molecule has 0 aliphatic heterocycles. The number of aryl methyl sites for hydroxylation is 1. The lowest BCUT2D eigenvalue weighted by Gasteiger charge is -2.23. The molecule has 0 spiro atoms. The van der Waals surface area contributed by atoms with Crippen molar-refractivity contribution in [2.45, 2.75) is 26.2 Å². The third-order valence-electron chi connectivity index (χ3n) is 2.95. The summed E-state index contributed by atoms with van der Waals surface area (Å²) in [6.45, 7) is 5.32. The molecule has 1 heterocycles. The fourth-order valence-electron chi connectivity index (χ4n) is 1.63. The molecule has 0 bridgehead atoms. The number of nitrogens with zero attached hydrogens (tertiary/aromatic N) is 2. The van der Waals surface area contributed by atoms with Gasteiger partial charge in [-0.2, -0.15) is 4.98 Å². The summed E-state index contributed by atoms with van der Waals surface area (Å²) in [7, 11) is 0. The quantitative estimate of drug-likeness (QED) is 0.822. The van der Waals surface area contributed by atoms with E-state index in [1.807, 2.05) is 26.0 Å². The Morgan fingerprint density at radius 2 is 1.95 bits per heavy atom. The second-order valence-electron chi connectivity index (χ2n) is 4.85. The summed E-state index contributed by atoms with van der Waals surface area (Å²) in [6.07, 6.45) is 0. The van der Waals surface area contributed by atoms with Gasteiger partial charge in [-0.05, 0) is 38.5 Å². The van der Waals surface area contributed by atoms with Crippen molar-refractivity contribution in [3.8, 4) is 0 Å². The van der Waals surface area contributed by atoms with Crippen LogP contribution in [0.2, 0.25) is 0 Å². The van der Waals surface area contributed by atoms with Crippen molar-refractivity contribution in [1.82, 2.24) is 10.1 Å². The predicted octanol–water partition coefficient (Wildman–Crippen LogP) is 1.88. The van der Waals surface area contributed by atoms with Crippen molar-refractivity contribution in [3.05, 3.63) is 35.7 Å². The van der Waals surface area contributed by atoms with Gasteiger partial charge in [0.2, 0.25) is 5.91 Å². The second-order valence-corrected chi connectivity index (χ2v) is 4.85. The third-order valence-corrected chi connectivity index (χ3v) is 2.95. The summed E-state index contributed by atoms with van der Waals surface area (Å²) in [5.41, 5.74) is 6.43. The SMILES string of the molecule is Cc1noc(NC(=O)C(C)(C)c2ccc(N)cc2)n1. The van der Waals surface area contributed by atoms with Gasteiger partial charge in [-0.1, -0.05) is 17.3 Å². The normalized spacial score (nSPS) is 11.3. The molecule has 19 heavy (non-hydrogen) atoms. The number of rotatable bonds is 3. The number of carbonyl (C=O) groups excluding carboxylic acids is 1. The Kier molecular flexibility index (Phi) is 3.25. The van der Waals surface area contributed by atoms with E-state index in [2.05, 4.69) is 15.5 Å². The van der Waals surface area contributed by atoms with Crippen LogP contribution >= 0.6 is 0 Å². The lowest BCUT2D eigenvalue weighted by molar-refractivity contribution is -0.120. The fraction of sp³-hybridized carbons (Fsp3) is 0.308. The maximum atomic E-state index is 12.3. The molecule has 2 rings (SSSR count). The molecule has 0 unspecified atom stereocenters. The number of nitrogen functional groups attached to an aromatic ring is 1. The number of anilines is 2. The highest BCUT2D eigenvalue weighted by atomic mass is 16.5. The maximum Gasteiger partial charge on any atom is 0.328 e. The molecule has 0 saturated carbocycles. The summed E-state index contributed by atoms with van der Waals surface area (Å²) in [4.78, 5) is 16.2. The molecule has 0 aliphatic carbocycles. The van der Waals surface area contributed by atoms with Gasteiger partial charge in [0.15, 0.2) is 5.82 Å². The van der Waals surface area contributed by atoms with Crippen LogP contribution in [-0.2, 0) is 10.2 Å². The van der Waals surface area contributed by atoms with Crippen molar-refractivity contribution < 1.29 is 9.32 Å². The monoisotopic (exact) mass is 260 g/mol. The lowest BCUT2D eigenvalue weighted by Crippen LogP contribution is -2.34. The molecule has 0 saturated heterocycles. The van der Waals surface area contributed by atoms with Crippen LogP contribution in [0.3, 0.4) is 0 Å². The molecule has 0 aliphatic rings. The number of nitrogens with two attached hydrogens (primary N) is 1. The minimum Gasteiger partial charge on any atom is -0.399 e. The van der Waals surface area contributed by atoms with Crippen LogP contribution in [0, 0.1) is 6.92 Å². The number of amides is 1. The summed E-state index contributed by atoms with van der Waals surface area (Å²) < 4.78 is 4.87. The van der Waals surface area contributed by atoms with Gasteiger partial charge in [0.05, 0.1) is 5.41 Å². The average Bonchev–Trinajstić information content (AvgIpc) is 2.75. The molecular formula is C13H16N4O2. The number of hydrogen-bond donors (Lipinski definition) is 2. The topological polar surface area (TPSA) is 94.0 Å². The number of nitrogens with one attached hydrogen (secondary N) is 1. The molecular weight excluding hydrogens is 244 g/mol. The van der Waals surface area contributed by atoms with Crippen molar-refractivity contribution in [2.24, 2.45) is 0 Å². The van der Waals surface area contributed by atoms with Gasteiger partial charge in [0.25, 0.3) is 0 Å². The summed E-state index contributed by atoms with van der Waals surface area (Å²) in [5, 5.41) is 6.22. The molecule has 1 aromatic carbocycles. The largest absolute Gasteiger partial charge is 0.399 e. The standard InChI is InChI=1S/C13H16N4O2/c1-8-15-12(19-17-8)16-11(18)13(2,3)9-4-6-10(14)7-5-9/h4-7H,14H2,1-3H3,(H,15,16,17,18). The highest BCUT2D eigenvalue weighted by Crippen LogP contribution is 2.25. The molecule has 3 N–H and O–H groups in total. The first-order chi connectivity index (χ1) is 8.89. The number of benzene rings is 1. The summed E-state index contributed by atoms with van der Waals surface area (Å²) >= 11 is 0. The Labute approximate surface area is 111 Å². The molecule has 0 fully saturated rings. The lowest BCUT2D eigenvalue weighted by atomic mass is 9.83. The minimum atomic E-state index is -0.726. The van der Waals surface area contributed by atoms with Gasteiger partial charge in [0.1, 0.15) is 0 Å². The van der Waals surface area contributed by atoms with Crippen molar-refractivity contribution in [3.63, 3.8) is 0 Å². The summed E-state index contributed by atoms with van der Waals surface area (Å²) in [5.74, 6) is 0.251. The van der Waals surface area contributed by atoms with E-state index >= 15 is 0 Å². The minimum absolute atomic E-state index is 0.103. The van der Waals surface area contributed by atoms with Gasteiger partial charge in [-0.25, -0.2) is 0 Å². The Balaban J connectivity index is 2.19. The summed E-state index contributed by atoms with van der Waals surface area (Å²) in [6, 6.07) is 7.29. The average molecular weight is 260 g/mol. The predicted molar refractivity (Wildman–Crippen MR) is 71.5 cm³/mol. The van der Waals surface area contributed by atoms with Crippen molar-refractivity contribution in [1.29, 1.82) is 0 Å². The fourth-order valence-corrected chi connectivity index (χ4v) is 1.63. The van der Waals surface area contributed by atoms with E-state index in [9.17, 15) is 4.79 Å². The highest BCUT2D eigenvalue weighted by molar-refractivity contribution is 5.97.